The Balaban J connectivity index is 1.66. The standard InChI is InChI=1S/C22H24N2O5/c1-4-24(13-21(25)23-18-7-5-6-8-19(18)28-3)22(26)11-15-14-29-20-12-16(27-2)9-10-17(15)20/h5-10,12,14H,4,11,13H2,1-3H3,(H,23,25). The number of hydrogen-bond donors (Lipinski definition) is 1. The Morgan fingerprint density at radius 1 is 1.10 bits per heavy atom. The molecule has 0 aliphatic heterocycles. The predicted octanol–water partition coefficient (Wildman–Crippen LogP) is 3.48. The van der Waals surface area contributed by atoms with Crippen LogP contribution in [0.1, 0.15) is 12.5 Å². The first kappa shape index (κ1) is 20.3. The zero-order valence-corrected chi connectivity index (χ0v) is 16.7. The minimum absolute atomic E-state index is 0.0447. The molecule has 3 aromatic rings. The Morgan fingerprint density at radius 2 is 1.90 bits per heavy atom. The molecule has 0 spiro atoms. The van der Waals surface area contributed by atoms with Crippen molar-refractivity contribution < 1.29 is 23.5 Å². The van der Waals surface area contributed by atoms with Gasteiger partial charge in [0.15, 0.2) is 0 Å². The summed E-state index contributed by atoms with van der Waals surface area (Å²) in [5, 5.41) is 3.65. The van der Waals surface area contributed by atoms with Crippen LogP contribution in [0.15, 0.2) is 53.1 Å². The van der Waals surface area contributed by atoms with Crippen LogP contribution in [0, 0.1) is 0 Å². The second-order valence-electron chi connectivity index (χ2n) is 6.46. The van der Waals surface area contributed by atoms with E-state index in [4.69, 9.17) is 13.9 Å². The molecule has 0 aliphatic rings. The molecule has 2 aromatic carbocycles. The fourth-order valence-corrected chi connectivity index (χ4v) is 3.09. The Kier molecular flexibility index (Phi) is 6.39. The highest BCUT2D eigenvalue weighted by molar-refractivity contribution is 5.96. The van der Waals surface area contributed by atoms with Crippen LogP contribution < -0.4 is 14.8 Å². The van der Waals surface area contributed by atoms with Crippen LogP contribution >= 0.6 is 0 Å². The van der Waals surface area contributed by atoms with Gasteiger partial charge in [-0.15, -0.1) is 0 Å². The number of carbonyl (C=O) groups excluding carboxylic acids is 2. The number of amides is 2. The molecule has 0 bridgehead atoms. The molecule has 1 heterocycles. The van der Waals surface area contributed by atoms with E-state index in [1.54, 1.807) is 37.6 Å². The predicted molar refractivity (Wildman–Crippen MR) is 110 cm³/mol. The number of fused-ring (bicyclic) bond motifs is 1. The molecule has 0 aliphatic carbocycles. The third-order valence-electron chi connectivity index (χ3n) is 4.65. The Bertz CT molecular complexity index is 1010. The molecule has 7 heteroatoms. The molecule has 1 aromatic heterocycles. The van der Waals surface area contributed by atoms with Gasteiger partial charge in [0.25, 0.3) is 0 Å². The number of rotatable bonds is 8. The second kappa shape index (κ2) is 9.14. The molecule has 0 saturated heterocycles. The van der Waals surface area contributed by atoms with E-state index in [0.29, 0.717) is 29.3 Å². The van der Waals surface area contributed by atoms with Gasteiger partial charge in [-0.1, -0.05) is 12.1 Å². The van der Waals surface area contributed by atoms with E-state index < -0.39 is 0 Å². The van der Waals surface area contributed by atoms with Crippen molar-refractivity contribution in [3.05, 3.63) is 54.3 Å². The van der Waals surface area contributed by atoms with Gasteiger partial charge in [-0.25, -0.2) is 0 Å². The molecule has 0 saturated carbocycles. The summed E-state index contributed by atoms with van der Waals surface area (Å²) in [6, 6.07) is 12.6. The first-order valence-electron chi connectivity index (χ1n) is 9.30. The molecule has 0 fully saturated rings. The number of likely N-dealkylation sites (N-methyl/N-ethyl adjacent to an activating group) is 1. The van der Waals surface area contributed by atoms with E-state index in [9.17, 15) is 9.59 Å². The summed E-state index contributed by atoms with van der Waals surface area (Å²) in [5.41, 5.74) is 2.00. The number of nitrogens with one attached hydrogen (secondary N) is 1. The minimum Gasteiger partial charge on any atom is -0.497 e. The molecule has 3 rings (SSSR count). The fraction of sp³-hybridized carbons (Fsp3) is 0.273. The summed E-state index contributed by atoms with van der Waals surface area (Å²) in [6.07, 6.45) is 1.72. The van der Waals surface area contributed by atoms with Crippen molar-refractivity contribution in [1.82, 2.24) is 4.90 Å². The number of ether oxygens (including phenoxy) is 2. The zero-order chi connectivity index (χ0) is 20.8. The van der Waals surface area contributed by atoms with Crippen LogP contribution in [0.4, 0.5) is 5.69 Å². The monoisotopic (exact) mass is 396 g/mol. The number of benzene rings is 2. The Hall–Kier alpha value is -3.48. The van der Waals surface area contributed by atoms with Gasteiger partial charge in [0.1, 0.15) is 17.1 Å². The van der Waals surface area contributed by atoms with Gasteiger partial charge >= 0.3 is 0 Å². The van der Waals surface area contributed by atoms with E-state index in [2.05, 4.69) is 5.32 Å². The molecule has 2 amide bonds. The van der Waals surface area contributed by atoms with Gasteiger partial charge < -0.3 is 24.1 Å². The summed E-state index contributed by atoms with van der Waals surface area (Å²) in [4.78, 5) is 26.7. The summed E-state index contributed by atoms with van der Waals surface area (Å²) in [7, 11) is 3.13. The number of hydrogen-bond acceptors (Lipinski definition) is 5. The maximum atomic E-state index is 12.8. The smallest absolute Gasteiger partial charge is 0.244 e. The van der Waals surface area contributed by atoms with Gasteiger partial charge in [-0.05, 0) is 31.2 Å². The summed E-state index contributed by atoms with van der Waals surface area (Å²) < 4.78 is 16.0. The van der Waals surface area contributed by atoms with Gasteiger partial charge in [-0.2, -0.15) is 0 Å². The van der Waals surface area contributed by atoms with Gasteiger partial charge in [0, 0.05) is 23.6 Å². The van der Waals surface area contributed by atoms with Gasteiger partial charge in [0.2, 0.25) is 11.8 Å². The SMILES string of the molecule is CCN(CC(=O)Nc1ccccc1OC)C(=O)Cc1coc2cc(OC)ccc12. The van der Waals surface area contributed by atoms with Crippen molar-refractivity contribution in [3.8, 4) is 11.5 Å². The lowest BCUT2D eigenvalue weighted by Crippen LogP contribution is -2.38. The molecule has 0 radical (unpaired) electrons. The van der Waals surface area contributed by atoms with Crippen molar-refractivity contribution in [2.75, 3.05) is 32.6 Å². The average molecular weight is 396 g/mol. The van der Waals surface area contributed by atoms with Crippen molar-refractivity contribution in [3.63, 3.8) is 0 Å². The molecule has 29 heavy (non-hydrogen) atoms. The normalized spacial score (nSPS) is 10.6. The lowest BCUT2D eigenvalue weighted by Gasteiger charge is -2.20. The first-order chi connectivity index (χ1) is 14.0. The highest BCUT2D eigenvalue weighted by atomic mass is 16.5. The largest absolute Gasteiger partial charge is 0.497 e. The van der Waals surface area contributed by atoms with Gasteiger partial charge in [0.05, 0.1) is 39.1 Å². The number of anilines is 1. The maximum Gasteiger partial charge on any atom is 0.244 e. The number of furan rings is 1. The second-order valence-corrected chi connectivity index (χ2v) is 6.46. The zero-order valence-electron chi connectivity index (χ0n) is 16.7. The van der Waals surface area contributed by atoms with Crippen molar-refractivity contribution in [2.24, 2.45) is 0 Å². The number of carbonyl (C=O) groups is 2. The van der Waals surface area contributed by atoms with E-state index in [0.717, 1.165) is 10.9 Å². The quantitative estimate of drug-likeness (QED) is 0.630. The fourth-order valence-electron chi connectivity index (χ4n) is 3.09. The van der Waals surface area contributed by atoms with Crippen LogP contribution in [0.3, 0.4) is 0 Å². The summed E-state index contributed by atoms with van der Waals surface area (Å²) >= 11 is 0. The number of para-hydroxylation sites is 2. The lowest BCUT2D eigenvalue weighted by atomic mass is 10.1. The first-order valence-corrected chi connectivity index (χ1v) is 9.30. The number of nitrogens with zero attached hydrogens (tertiary/aromatic N) is 1. The van der Waals surface area contributed by atoms with Crippen LogP contribution in [0.5, 0.6) is 11.5 Å². The van der Waals surface area contributed by atoms with Crippen LogP contribution in [-0.2, 0) is 16.0 Å². The minimum atomic E-state index is -0.286. The Morgan fingerprint density at radius 3 is 2.62 bits per heavy atom. The average Bonchev–Trinajstić information content (AvgIpc) is 3.14. The Labute approximate surface area is 169 Å². The van der Waals surface area contributed by atoms with E-state index in [-0.39, 0.29) is 24.8 Å². The van der Waals surface area contributed by atoms with E-state index >= 15 is 0 Å². The summed E-state index contributed by atoms with van der Waals surface area (Å²) in [5.74, 6) is 0.816. The van der Waals surface area contributed by atoms with E-state index in [1.807, 2.05) is 25.1 Å². The molecule has 152 valence electrons. The molecule has 0 unspecified atom stereocenters. The van der Waals surface area contributed by atoms with Gasteiger partial charge in [-0.3, -0.25) is 9.59 Å². The van der Waals surface area contributed by atoms with Crippen molar-refractivity contribution in [2.45, 2.75) is 13.3 Å². The molecular formula is C22H24N2O5. The maximum absolute atomic E-state index is 12.8. The van der Waals surface area contributed by atoms with Crippen LogP contribution in [-0.4, -0.2) is 44.0 Å². The van der Waals surface area contributed by atoms with Crippen molar-refractivity contribution >= 4 is 28.5 Å². The third kappa shape index (κ3) is 4.68. The van der Waals surface area contributed by atoms with E-state index in [1.165, 1.54) is 12.0 Å². The van der Waals surface area contributed by atoms with Crippen molar-refractivity contribution in [1.29, 1.82) is 0 Å². The highest BCUT2D eigenvalue weighted by Crippen LogP contribution is 2.26. The molecule has 7 nitrogen and oxygen atoms in total. The lowest BCUT2D eigenvalue weighted by molar-refractivity contribution is -0.133. The topological polar surface area (TPSA) is 81.0 Å². The van der Waals surface area contributed by atoms with Crippen LogP contribution in [0.25, 0.3) is 11.0 Å². The molecular weight excluding hydrogens is 372 g/mol. The highest BCUT2D eigenvalue weighted by Gasteiger charge is 2.19. The third-order valence-corrected chi connectivity index (χ3v) is 4.65. The summed E-state index contributed by atoms with van der Waals surface area (Å²) in [6.45, 7) is 2.21. The number of methoxy groups -OCH3 is 2. The molecule has 0 atom stereocenters. The molecule has 1 N–H and O–H groups in total. The van der Waals surface area contributed by atoms with Crippen LogP contribution in [0.2, 0.25) is 0 Å².